The quantitative estimate of drug-likeness (QED) is 0.0812. The maximum absolute atomic E-state index is 13.6. The van der Waals surface area contributed by atoms with Crippen LogP contribution in [0.4, 0.5) is 0 Å². The number of ether oxygens (including phenoxy) is 1. The number of nitrogens with zero attached hydrogens (tertiary/aromatic N) is 1. The van der Waals surface area contributed by atoms with Gasteiger partial charge in [0, 0.05) is 5.56 Å². The lowest BCUT2D eigenvalue weighted by molar-refractivity contribution is -0.146. The molecule has 0 saturated carbocycles. The fourth-order valence-corrected chi connectivity index (χ4v) is 5.23. The van der Waals surface area contributed by atoms with E-state index in [0.717, 1.165) is 38.7 Å². The number of rotatable bonds is 21. The average molecular weight is 719 g/mol. The van der Waals surface area contributed by atoms with E-state index in [1.165, 1.54) is 13.8 Å². The van der Waals surface area contributed by atoms with Gasteiger partial charge in [0.1, 0.15) is 24.2 Å². The summed E-state index contributed by atoms with van der Waals surface area (Å²) < 4.78 is 4.65. The third-order valence-corrected chi connectivity index (χ3v) is 8.58. The van der Waals surface area contributed by atoms with Crippen LogP contribution in [-0.2, 0) is 34.1 Å². The van der Waals surface area contributed by atoms with E-state index in [-0.39, 0.29) is 24.2 Å². The summed E-state index contributed by atoms with van der Waals surface area (Å²) in [5.74, 6) is -3.81. The summed E-state index contributed by atoms with van der Waals surface area (Å²) in [5.41, 5.74) is 1.38. The molecule has 0 aliphatic carbocycles. The molecule has 0 heterocycles. The van der Waals surface area contributed by atoms with E-state index in [4.69, 9.17) is 0 Å². The fourth-order valence-electron chi connectivity index (χ4n) is 5.23. The number of carbonyl (C=O) groups excluding carboxylic acids is 6. The van der Waals surface area contributed by atoms with Gasteiger partial charge >= 0.3 is 5.97 Å². The Balaban J connectivity index is 2.98. The first-order chi connectivity index (χ1) is 23.9. The molecule has 6 N–H and O–H groups in total. The van der Waals surface area contributed by atoms with Crippen molar-refractivity contribution in [2.75, 3.05) is 33.4 Å². The molecular formula is C37H62N6O8. The Morgan fingerprint density at radius 2 is 1.24 bits per heavy atom. The lowest BCUT2D eigenvalue weighted by Gasteiger charge is -2.26. The van der Waals surface area contributed by atoms with Crippen molar-refractivity contribution in [1.82, 2.24) is 31.5 Å². The standard InChI is InChI=1S/C37H62N6O8/c1-11-43(12-2)20-14-13-15-28(34(48)42-30(22-44)36(50)51-10)40-35(49)29(21-23(3)4)41-32(46)25(6)38-31(45)24(5)39-33(47)26-16-18-27(19-17-26)37(7,8)9/h16-19,23-25,28-30,44H,11-15,20-22H2,1-10H3,(H,38,45)(H,39,47)(H,40,49)(H,41,46)(H,42,48)/t24-,25-,28-,29-,30-/m0/s1. The van der Waals surface area contributed by atoms with Crippen LogP contribution < -0.4 is 26.6 Å². The molecule has 0 aromatic heterocycles. The number of aliphatic hydroxyl groups is 1. The van der Waals surface area contributed by atoms with E-state index >= 15 is 0 Å². The number of nitrogens with one attached hydrogen (secondary N) is 5. The number of carbonyl (C=O) groups is 6. The highest BCUT2D eigenvalue weighted by Gasteiger charge is 2.31. The average Bonchev–Trinajstić information content (AvgIpc) is 3.08. The molecule has 0 spiro atoms. The van der Waals surface area contributed by atoms with Gasteiger partial charge in [-0.25, -0.2) is 4.79 Å². The van der Waals surface area contributed by atoms with Crippen molar-refractivity contribution in [1.29, 1.82) is 0 Å². The highest BCUT2D eigenvalue weighted by Crippen LogP contribution is 2.22. The second-order valence-electron chi connectivity index (χ2n) is 14.3. The largest absolute Gasteiger partial charge is 0.467 e. The zero-order valence-corrected chi connectivity index (χ0v) is 32.2. The number of methoxy groups -OCH3 is 1. The third kappa shape index (κ3) is 15.8. The van der Waals surface area contributed by atoms with E-state index in [2.05, 4.69) is 70.8 Å². The van der Waals surface area contributed by atoms with Crippen LogP contribution in [0.5, 0.6) is 0 Å². The summed E-state index contributed by atoms with van der Waals surface area (Å²) in [5, 5.41) is 22.7. The van der Waals surface area contributed by atoms with Gasteiger partial charge in [0.15, 0.2) is 6.04 Å². The van der Waals surface area contributed by atoms with Crippen molar-refractivity contribution in [2.45, 2.75) is 124 Å². The topological polar surface area (TPSA) is 195 Å². The van der Waals surface area contributed by atoms with Crippen LogP contribution in [0.15, 0.2) is 24.3 Å². The van der Waals surface area contributed by atoms with E-state index in [1.54, 1.807) is 12.1 Å². The molecule has 0 aliphatic heterocycles. The minimum Gasteiger partial charge on any atom is -0.467 e. The second kappa shape index (κ2) is 22.0. The molecule has 1 rings (SSSR count). The Hall–Kier alpha value is -4.04. The van der Waals surface area contributed by atoms with Gasteiger partial charge in [-0.05, 0) is 88.2 Å². The smallest absolute Gasteiger partial charge is 0.330 e. The van der Waals surface area contributed by atoms with Gasteiger partial charge in [-0.15, -0.1) is 0 Å². The molecule has 0 saturated heterocycles. The lowest BCUT2D eigenvalue weighted by atomic mass is 9.86. The van der Waals surface area contributed by atoms with Crippen molar-refractivity contribution in [3.63, 3.8) is 0 Å². The van der Waals surface area contributed by atoms with E-state index in [1.807, 2.05) is 26.0 Å². The molecule has 1 aromatic rings. The SMILES string of the molecule is CCN(CC)CCCC[C@H](NC(=O)[C@H](CC(C)C)NC(=O)[C@H](C)NC(=O)[C@H](C)NC(=O)c1ccc(C(C)(C)C)cc1)C(=O)N[C@@H](CO)C(=O)OC. The van der Waals surface area contributed by atoms with Gasteiger partial charge in [0.05, 0.1) is 13.7 Å². The molecule has 0 fully saturated rings. The predicted octanol–water partition coefficient (Wildman–Crippen LogP) is 1.79. The van der Waals surface area contributed by atoms with Gasteiger partial charge in [-0.1, -0.05) is 60.6 Å². The molecule has 5 atom stereocenters. The first-order valence-electron chi connectivity index (χ1n) is 17.9. The minimum atomic E-state index is -1.31. The molecule has 0 radical (unpaired) electrons. The Morgan fingerprint density at radius 3 is 1.75 bits per heavy atom. The minimum absolute atomic E-state index is 0.0295. The number of aliphatic hydroxyl groups excluding tert-OH is 1. The maximum atomic E-state index is 13.6. The molecular weight excluding hydrogens is 656 g/mol. The molecule has 51 heavy (non-hydrogen) atoms. The Morgan fingerprint density at radius 1 is 0.725 bits per heavy atom. The van der Waals surface area contributed by atoms with Crippen molar-refractivity contribution < 1.29 is 38.6 Å². The monoisotopic (exact) mass is 718 g/mol. The van der Waals surface area contributed by atoms with Crippen LogP contribution >= 0.6 is 0 Å². The molecule has 14 heteroatoms. The van der Waals surface area contributed by atoms with Crippen LogP contribution in [-0.4, -0.2) is 109 Å². The Kier molecular flexibility index (Phi) is 19.4. The zero-order valence-electron chi connectivity index (χ0n) is 32.2. The summed E-state index contributed by atoms with van der Waals surface area (Å²) in [6.07, 6.45) is 1.82. The summed E-state index contributed by atoms with van der Waals surface area (Å²) in [7, 11) is 1.13. The maximum Gasteiger partial charge on any atom is 0.330 e. The zero-order chi connectivity index (χ0) is 38.9. The molecule has 288 valence electrons. The van der Waals surface area contributed by atoms with Gasteiger partial charge in [-0.3, -0.25) is 24.0 Å². The van der Waals surface area contributed by atoms with Crippen molar-refractivity contribution in [3.8, 4) is 0 Å². The van der Waals surface area contributed by atoms with Gasteiger partial charge in [0.2, 0.25) is 23.6 Å². The number of unbranched alkanes of at least 4 members (excludes halogenated alkanes) is 1. The Labute approximate surface area is 303 Å². The number of benzene rings is 1. The van der Waals surface area contributed by atoms with Crippen LogP contribution in [0.3, 0.4) is 0 Å². The van der Waals surface area contributed by atoms with Gasteiger partial charge < -0.3 is 41.3 Å². The highest BCUT2D eigenvalue weighted by atomic mass is 16.5. The molecule has 1 aromatic carbocycles. The molecule has 14 nitrogen and oxygen atoms in total. The number of hydrogen-bond donors (Lipinski definition) is 6. The predicted molar refractivity (Wildman–Crippen MR) is 196 cm³/mol. The van der Waals surface area contributed by atoms with E-state index in [0.29, 0.717) is 12.0 Å². The Bertz CT molecular complexity index is 1290. The van der Waals surface area contributed by atoms with Crippen LogP contribution in [0.1, 0.15) is 104 Å². The number of esters is 1. The summed E-state index contributed by atoms with van der Waals surface area (Å²) in [6.45, 7) is 18.9. The highest BCUT2D eigenvalue weighted by molar-refractivity contribution is 5.99. The fraction of sp³-hybridized carbons (Fsp3) is 0.676. The summed E-state index contributed by atoms with van der Waals surface area (Å²) in [4.78, 5) is 80.1. The van der Waals surface area contributed by atoms with E-state index in [9.17, 15) is 33.9 Å². The first kappa shape index (κ1) is 45.0. The van der Waals surface area contributed by atoms with Crippen LogP contribution in [0.2, 0.25) is 0 Å². The molecule has 0 bridgehead atoms. The molecule has 0 aliphatic rings. The molecule has 5 amide bonds. The van der Waals surface area contributed by atoms with Gasteiger partial charge in [0.25, 0.3) is 5.91 Å². The van der Waals surface area contributed by atoms with E-state index < -0.39 is 72.3 Å². The van der Waals surface area contributed by atoms with Crippen molar-refractivity contribution in [3.05, 3.63) is 35.4 Å². The second-order valence-corrected chi connectivity index (χ2v) is 14.3. The van der Waals surface area contributed by atoms with Crippen LogP contribution in [0.25, 0.3) is 0 Å². The summed E-state index contributed by atoms with van der Waals surface area (Å²) >= 11 is 0. The van der Waals surface area contributed by atoms with Gasteiger partial charge in [-0.2, -0.15) is 0 Å². The number of hydrogen-bond acceptors (Lipinski definition) is 9. The van der Waals surface area contributed by atoms with Crippen molar-refractivity contribution >= 4 is 35.5 Å². The van der Waals surface area contributed by atoms with Crippen LogP contribution in [0, 0.1) is 5.92 Å². The normalized spacial score (nSPS) is 14.5. The third-order valence-electron chi connectivity index (χ3n) is 8.58. The van der Waals surface area contributed by atoms with Crippen molar-refractivity contribution in [2.24, 2.45) is 5.92 Å². The lowest BCUT2D eigenvalue weighted by Crippen LogP contribution is -2.58. The summed E-state index contributed by atoms with van der Waals surface area (Å²) in [6, 6.07) is 1.68. The molecule has 0 unspecified atom stereocenters. The first-order valence-corrected chi connectivity index (χ1v) is 17.9. The number of amides is 5.